The van der Waals surface area contributed by atoms with Crippen LogP contribution in [0.4, 0.5) is 13.2 Å². The van der Waals surface area contributed by atoms with E-state index in [1.165, 1.54) is 25.3 Å². The van der Waals surface area contributed by atoms with Crippen molar-refractivity contribution >= 4 is 0 Å². The maximum Gasteiger partial charge on any atom is 0.573 e. The lowest BCUT2D eigenvalue weighted by Gasteiger charge is -2.10. The number of rotatable bonds is 5. The Bertz CT molecular complexity index is 325. The first kappa shape index (κ1) is 12.6. The fourth-order valence-corrected chi connectivity index (χ4v) is 1.00. The molecule has 16 heavy (non-hydrogen) atoms. The van der Waals surface area contributed by atoms with Crippen LogP contribution in [0.3, 0.4) is 0 Å². The van der Waals surface area contributed by atoms with E-state index in [4.69, 9.17) is 9.47 Å². The summed E-state index contributed by atoms with van der Waals surface area (Å²) in [5, 5.41) is 0. The summed E-state index contributed by atoms with van der Waals surface area (Å²) < 4.78 is 49.3. The van der Waals surface area contributed by atoms with Crippen molar-refractivity contribution in [3.8, 4) is 11.5 Å². The van der Waals surface area contributed by atoms with Gasteiger partial charge in [-0.2, -0.15) is 0 Å². The van der Waals surface area contributed by atoms with Gasteiger partial charge < -0.3 is 14.2 Å². The van der Waals surface area contributed by atoms with Gasteiger partial charge in [0.2, 0.25) is 0 Å². The molecule has 0 N–H and O–H groups in total. The van der Waals surface area contributed by atoms with E-state index in [2.05, 4.69) is 4.74 Å². The van der Waals surface area contributed by atoms with Crippen molar-refractivity contribution in [1.82, 2.24) is 0 Å². The minimum atomic E-state index is -4.69. The van der Waals surface area contributed by atoms with Gasteiger partial charge in [0.25, 0.3) is 0 Å². The normalized spacial score (nSPS) is 11.2. The molecule has 90 valence electrons. The molecule has 3 nitrogen and oxygen atoms in total. The van der Waals surface area contributed by atoms with Gasteiger partial charge in [0, 0.05) is 13.2 Å². The second-order valence-corrected chi connectivity index (χ2v) is 2.86. The third-order valence-electron chi connectivity index (χ3n) is 1.60. The molecule has 1 rings (SSSR count). The summed E-state index contributed by atoms with van der Waals surface area (Å²) in [4.78, 5) is 0. The lowest BCUT2D eigenvalue weighted by molar-refractivity contribution is -0.274. The fourth-order valence-electron chi connectivity index (χ4n) is 1.00. The minimum Gasteiger partial charge on any atom is -0.491 e. The largest absolute Gasteiger partial charge is 0.573 e. The molecule has 0 saturated heterocycles. The first-order valence-electron chi connectivity index (χ1n) is 4.49. The van der Waals surface area contributed by atoms with Crippen molar-refractivity contribution in [2.45, 2.75) is 6.36 Å². The predicted octanol–water partition coefficient (Wildman–Crippen LogP) is 2.61. The third kappa shape index (κ3) is 4.88. The Morgan fingerprint density at radius 1 is 1.12 bits per heavy atom. The summed E-state index contributed by atoms with van der Waals surface area (Å²) in [6.45, 7) is 0.635. The molecule has 0 bridgehead atoms. The second kappa shape index (κ2) is 5.60. The van der Waals surface area contributed by atoms with Crippen LogP contribution in [0.25, 0.3) is 0 Å². The molecule has 6 heteroatoms. The van der Waals surface area contributed by atoms with E-state index in [0.717, 1.165) is 0 Å². The molecular formula is C10H11F3O3. The molecule has 0 saturated carbocycles. The summed E-state index contributed by atoms with van der Waals surface area (Å²) in [5.41, 5.74) is 0. The van der Waals surface area contributed by atoms with Crippen molar-refractivity contribution in [1.29, 1.82) is 0 Å². The first-order valence-corrected chi connectivity index (χ1v) is 4.49. The monoisotopic (exact) mass is 236 g/mol. The molecule has 0 radical (unpaired) electrons. The summed E-state index contributed by atoms with van der Waals surface area (Å²) >= 11 is 0. The first-order chi connectivity index (χ1) is 7.51. The molecule has 0 atom stereocenters. The van der Waals surface area contributed by atoms with E-state index in [-0.39, 0.29) is 12.4 Å². The average Bonchev–Trinajstić information content (AvgIpc) is 2.16. The van der Waals surface area contributed by atoms with Crippen LogP contribution in [0.2, 0.25) is 0 Å². The molecule has 0 aliphatic carbocycles. The number of alkyl halides is 3. The maximum absolute atomic E-state index is 11.9. The topological polar surface area (TPSA) is 27.7 Å². The Labute approximate surface area is 90.7 Å². The molecular weight excluding hydrogens is 225 g/mol. The molecule has 0 fully saturated rings. The third-order valence-corrected chi connectivity index (χ3v) is 1.60. The van der Waals surface area contributed by atoms with Crippen molar-refractivity contribution in [3.05, 3.63) is 24.3 Å². The zero-order valence-electron chi connectivity index (χ0n) is 8.58. The Morgan fingerprint density at radius 2 is 1.81 bits per heavy atom. The van der Waals surface area contributed by atoms with E-state index in [1.54, 1.807) is 6.07 Å². The Hall–Kier alpha value is -1.43. The number of halogens is 3. The van der Waals surface area contributed by atoms with E-state index in [0.29, 0.717) is 12.4 Å². The second-order valence-electron chi connectivity index (χ2n) is 2.86. The lowest BCUT2D eigenvalue weighted by atomic mass is 10.3. The summed E-state index contributed by atoms with van der Waals surface area (Å²) in [7, 11) is 1.51. The number of ether oxygens (including phenoxy) is 3. The van der Waals surface area contributed by atoms with Crippen molar-refractivity contribution < 1.29 is 27.4 Å². The van der Waals surface area contributed by atoms with E-state index < -0.39 is 6.36 Å². The Kier molecular flexibility index (Phi) is 4.42. The lowest BCUT2D eigenvalue weighted by Crippen LogP contribution is -2.17. The number of hydrogen-bond acceptors (Lipinski definition) is 3. The number of methoxy groups -OCH3 is 1. The Morgan fingerprint density at radius 3 is 2.44 bits per heavy atom. The van der Waals surface area contributed by atoms with Crippen LogP contribution < -0.4 is 9.47 Å². The SMILES string of the molecule is COCCOc1cccc(OC(F)(F)F)c1. The summed E-state index contributed by atoms with van der Waals surface area (Å²) in [6, 6.07) is 5.34. The van der Waals surface area contributed by atoms with Gasteiger partial charge in [-0.1, -0.05) is 6.07 Å². The molecule has 1 aromatic rings. The highest BCUT2D eigenvalue weighted by Crippen LogP contribution is 2.25. The van der Waals surface area contributed by atoms with E-state index >= 15 is 0 Å². The van der Waals surface area contributed by atoms with Gasteiger partial charge in [-0.05, 0) is 12.1 Å². The quantitative estimate of drug-likeness (QED) is 0.735. The highest BCUT2D eigenvalue weighted by atomic mass is 19.4. The summed E-state index contributed by atoms with van der Waals surface area (Å²) in [5.74, 6) is 0.00113. The number of hydrogen-bond donors (Lipinski definition) is 0. The van der Waals surface area contributed by atoms with Crippen LogP contribution in [-0.4, -0.2) is 26.7 Å². The van der Waals surface area contributed by atoms with Gasteiger partial charge in [-0.25, -0.2) is 0 Å². The van der Waals surface area contributed by atoms with Crippen LogP contribution >= 0.6 is 0 Å². The highest BCUT2D eigenvalue weighted by molar-refractivity contribution is 5.33. The number of benzene rings is 1. The minimum absolute atomic E-state index is 0.270. The van der Waals surface area contributed by atoms with Gasteiger partial charge in [0.05, 0.1) is 6.61 Å². The fraction of sp³-hybridized carbons (Fsp3) is 0.400. The van der Waals surface area contributed by atoms with Crippen LogP contribution in [0.1, 0.15) is 0 Å². The van der Waals surface area contributed by atoms with Crippen LogP contribution in [-0.2, 0) is 4.74 Å². The Balaban J connectivity index is 2.57. The van der Waals surface area contributed by atoms with Crippen LogP contribution in [0.15, 0.2) is 24.3 Å². The molecule has 1 aromatic carbocycles. The molecule has 0 spiro atoms. The molecule has 0 heterocycles. The predicted molar refractivity (Wildman–Crippen MR) is 50.5 cm³/mol. The zero-order valence-corrected chi connectivity index (χ0v) is 8.58. The molecule has 0 unspecified atom stereocenters. The molecule has 0 amide bonds. The van der Waals surface area contributed by atoms with Crippen molar-refractivity contribution in [2.75, 3.05) is 20.3 Å². The van der Waals surface area contributed by atoms with Crippen LogP contribution in [0.5, 0.6) is 11.5 Å². The van der Waals surface area contributed by atoms with E-state index in [1.807, 2.05) is 0 Å². The van der Waals surface area contributed by atoms with Crippen molar-refractivity contribution in [3.63, 3.8) is 0 Å². The van der Waals surface area contributed by atoms with Gasteiger partial charge in [0.15, 0.2) is 0 Å². The van der Waals surface area contributed by atoms with Gasteiger partial charge in [-0.3, -0.25) is 0 Å². The molecule has 0 aliphatic heterocycles. The van der Waals surface area contributed by atoms with Crippen LogP contribution in [0, 0.1) is 0 Å². The van der Waals surface area contributed by atoms with Gasteiger partial charge >= 0.3 is 6.36 Å². The maximum atomic E-state index is 11.9. The highest BCUT2D eigenvalue weighted by Gasteiger charge is 2.31. The van der Waals surface area contributed by atoms with Gasteiger partial charge in [-0.15, -0.1) is 13.2 Å². The van der Waals surface area contributed by atoms with Crippen molar-refractivity contribution in [2.24, 2.45) is 0 Å². The molecule has 0 aliphatic rings. The standard InChI is InChI=1S/C10H11F3O3/c1-14-5-6-15-8-3-2-4-9(7-8)16-10(11,12)13/h2-4,7H,5-6H2,1H3. The van der Waals surface area contributed by atoms with E-state index in [9.17, 15) is 13.2 Å². The summed E-state index contributed by atoms with van der Waals surface area (Å²) in [6.07, 6.45) is -4.69. The zero-order chi connectivity index (χ0) is 12.0. The molecule has 0 aromatic heterocycles. The van der Waals surface area contributed by atoms with Gasteiger partial charge in [0.1, 0.15) is 18.1 Å². The smallest absolute Gasteiger partial charge is 0.491 e. The average molecular weight is 236 g/mol.